The molecule has 14 heavy (non-hydrogen) atoms. The van der Waals surface area contributed by atoms with E-state index in [1.165, 1.54) is 38.5 Å². The lowest BCUT2D eigenvalue weighted by Gasteiger charge is -2.22. The molecule has 0 bridgehead atoms. The summed E-state index contributed by atoms with van der Waals surface area (Å²) in [5, 5.41) is 0. The van der Waals surface area contributed by atoms with Crippen molar-refractivity contribution in [2.45, 2.75) is 73.1 Å². The molecule has 1 atom stereocenters. The van der Waals surface area contributed by atoms with Gasteiger partial charge in [0.05, 0.1) is 0 Å². The molecule has 0 saturated heterocycles. The maximum absolute atomic E-state index is 2.38. The van der Waals surface area contributed by atoms with Crippen LogP contribution in [0.2, 0.25) is 0 Å². The van der Waals surface area contributed by atoms with Gasteiger partial charge in [-0.2, -0.15) is 0 Å². The summed E-state index contributed by atoms with van der Waals surface area (Å²) in [7, 11) is 0. The van der Waals surface area contributed by atoms with E-state index in [0.717, 1.165) is 17.8 Å². The van der Waals surface area contributed by atoms with Gasteiger partial charge in [-0.3, -0.25) is 0 Å². The number of rotatable bonds is 8. The molecule has 0 radical (unpaired) electrons. The smallest absolute Gasteiger partial charge is 0.0389 e. The van der Waals surface area contributed by atoms with Crippen molar-refractivity contribution >= 4 is 0 Å². The summed E-state index contributed by atoms with van der Waals surface area (Å²) >= 11 is 0. The lowest BCUT2D eigenvalue weighted by atomic mass is 9.84. The molecule has 86 valence electrons. The largest absolute Gasteiger partial charge is 0.0654 e. The highest BCUT2D eigenvalue weighted by Crippen LogP contribution is 2.25. The molecular weight excluding hydrogens is 168 g/mol. The van der Waals surface area contributed by atoms with Crippen LogP contribution in [0.4, 0.5) is 0 Å². The molecule has 0 heteroatoms. The second kappa shape index (κ2) is 8.32. The van der Waals surface area contributed by atoms with E-state index >= 15 is 0 Å². The average Bonchev–Trinajstić information content (AvgIpc) is 2.09. The lowest BCUT2D eigenvalue weighted by Crippen LogP contribution is -2.11. The summed E-state index contributed by atoms with van der Waals surface area (Å²) in [6, 6.07) is 0. The molecule has 0 aromatic rings. The Labute approximate surface area is 91.5 Å². The number of hydrogen-bond donors (Lipinski definition) is 0. The highest BCUT2D eigenvalue weighted by Gasteiger charge is 2.14. The van der Waals surface area contributed by atoms with E-state index in [-0.39, 0.29) is 0 Å². The van der Waals surface area contributed by atoms with Crippen LogP contribution >= 0.6 is 0 Å². The summed E-state index contributed by atoms with van der Waals surface area (Å²) in [6.07, 6.45) is 8.55. The normalized spacial score (nSPS) is 13.9. The summed E-state index contributed by atoms with van der Waals surface area (Å²) in [4.78, 5) is 0. The minimum atomic E-state index is 0.869. The van der Waals surface area contributed by atoms with Gasteiger partial charge in [0.1, 0.15) is 0 Å². The Bertz CT molecular complexity index is 113. The van der Waals surface area contributed by atoms with Gasteiger partial charge in [-0.05, 0) is 24.2 Å². The van der Waals surface area contributed by atoms with Crippen molar-refractivity contribution in [3.05, 3.63) is 0 Å². The molecule has 1 unspecified atom stereocenters. The van der Waals surface area contributed by atoms with Crippen LogP contribution in [0.25, 0.3) is 0 Å². The van der Waals surface area contributed by atoms with Gasteiger partial charge in [-0.15, -0.1) is 0 Å². The third-order valence-electron chi connectivity index (χ3n) is 3.15. The maximum atomic E-state index is 2.38. The molecule has 0 aromatic carbocycles. The first-order valence-electron chi connectivity index (χ1n) is 6.57. The molecule has 0 saturated carbocycles. The molecule has 0 N–H and O–H groups in total. The topological polar surface area (TPSA) is 0 Å². The van der Waals surface area contributed by atoms with Crippen LogP contribution in [-0.2, 0) is 0 Å². The molecule has 0 amide bonds. The molecule has 0 rings (SSSR count). The first-order valence-corrected chi connectivity index (χ1v) is 6.57. The highest BCUT2D eigenvalue weighted by atomic mass is 14.2. The Hall–Kier alpha value is 0. The molecule has 0 aliphatic heterocycles. The summed E-state index contributed by atoms with van der Waals surface area (Å²) in [6.45, 7) is 11.7. The molecule has 0 fully saturated rings. The molecule has 0 aliphatic carbocycles. The minimum absolute atomic E-state index is 0.869. The monoisotopic (exact) mass is 198 g/mol. The zero-order valence-corrected chi connectivity index (χ0v) is 11.0. The maximum Gasteiger partial charge on any atom is -0.0389 e. The Morgan fingerprint density at radius 3 is 1.93 bits per heavy atom. The van der Waals surface area contributed by atoms with E-state index in [1.807, 2.05) is 0 Å². The molecule has 0 heterocycles. The second-order valence-corrected chi connectivity index (χ2v) is 5.48. The summed E-state index contributed by atoms with van der Waals surface area (Å²) in [5.74, 6) is 2.71. The Morgan fingerprint density at radius 1 is 0.857 bits per heavy atom. The lowest BCUT2D eigenvalue weighted by molar-refractivity contribution is 0.289. The zero-order chi connectivity index (χ0) is 11.0. The van der Waals surface area contributed by atoms with E-state index < -0.39 is 0 Å². The van der Waals surface area contributed by atoms with E-state index in [1.54, 1.807) is 0 Å². The predicted octanol–water partition coefficient (Wildman–Crippen LogP) is 5.28. The van der Waals surface area contributed by atoms with Gasteiger partial charge in [-0.1, -0.05) is 66.7 Å². The van der Waals surface area contributed by atoms with E-state index in [2.05, 4.69) is 34.6 Å². The fourth-order valence-corrected chi connectivity index (χ4v) is 2.16. The van der Waals surface area contributed by atoms with Crippen molar-refractivity contribution in [2.75, 3.05) is 0 Å². The minimum Gasteiger partial charge on any atom is -0.0654 e. The van der Waals surface area contributed by atoms with Crippen molar-refractivity contribution in [3.63, 3.8) is 0 Å². The third-order valence-corrected chi connectivity index (χ3v) is 3.15. The van der Waals surface area contributed by atoms with Crippen LogP contribution in [0.15, 0.2) is 0 Å². The average molecular weight is 198 g/mol. The van der Waals surface area contributed by atoms with Crippen molar-refractivity contribution in [1.29, 1.82) is 0 Å². The second-order valence-electron chi connectivity index (χ2n) is 5.48. The Balaban J connectivity index is 3.63. The highest BCUT2D eigenvalue weighted by molar-refractivity contribution is 4.65. The fraction of sp³-hybridized carbons (Fsp3) is 1.00. The van der Waals surface area contributed by atoms with Crippen LogP contribution in [0.1, 0.15) is 73.1 Å². The van der Waals surface area contributed by atoms with E-state index in [9.17, 15) is 0 Å². The van der Waals surface area contributed by atoms with E-state index in [4.69, 9.17) is 0 Å². The van der Waals surface area contributed by atoms with Crippen LogP contribution in [-0.4, -0.2) is 0 Å². The standard InChI is InChI=1S/C14H30/c1-6-7-8-9-10-14(13(4)5)11-12(2)3/h12-14H,6-11H2,1-5H3. The number of hydrogen-bond acceptors (Lipinski definition) is 0. The van der Waals surface area contributed by atoms with Crippen molar-refractivity contribution in [2.24, 2.45) is 17.8 Å². The van der Waals surface area contributed by atoms with Crippen LogP contribution < -0.4 is 0 Å². The van der Waals surface area contributed by atoms with Crippen molar-refractivity contribution < 1.29 is 0 Å². The summed E-state index contributed by atoms with van der Waals surface area (Å²) in [5.41, 5.74) is 0. The van der Waals surface area contributed by atoms with Crippen molar-refractivity contribution in [1.82, 2.24) is 0 Å². The van der Waals surface area contributed by atoms with Gasteiger partial charge in [-0.25, -0.2) is 0 Å². The molecular formula is C14H30. The van der Waals surface area contributed by atoms with E-state index in [0.29, 0.717) is 0 Å². The van der Waals surface area contributed by atoms with Crippen LogP contribution in [0, 0.1) is 17.8 Å². The van der Waals surface area contributed by atoms with Crippen LogP contribution in [0.3, 0.4) is 0 Å². The predicted molar refractivity (Wildman–Crippen MR) is 66.5 cm³/mol. The molecule has 0 aromatic heterocycles. The van der Waals surface area contributed by atoms with Gasteiger partial charge >= 0.3 is 0 Å². The quantitative estimate of drug-likeness (QED) is 0.466. The van der Waals surface area contributed by atoms with Gasteiger partial charge in [0, 0.05) is 0 Å². The van der Waals surface area contributed by atoms with Gasteiger partial charge < -0.3 is 0 Å². The molecule has 0 spiro atoms. The Morgan fingerprint density at radius 2 is 1.50 bits per heavy atom. The zero-order valence-electron chi connectivity index (χ0n) is 11.0. The van der Waals surface area contributed by atoms with Gasteiger partial charge in [0.2, 0.25) is 0 Å². The SMILES string of the molecule is CCCCCCC(CC(C)C)C(C)C. The third kappa shape index (κ3) is 7.41. The molecule has 0 nitrogen and oxygen atoms in total. The van der Waals surface area contributed by atoms with Gasteiger partial charge in [0.25, 0.3) is 0 Å². The van der Waals surface area contributed by atoms with Gasteiger partial charge in [0.15, 0.2) is 0 Å². The van der Waals surface area contributed by atoms with Crippen molar-refractivity contribution in [3.8, 4) is 0 Å². The first kappa shape index (κ1) is 14.0. The van der Waals surface area contributed by atoms with Crippen LogP contribution in [0.5, 0.6) is 0 Å². The molecule has 0 aliphatic rings. The fourth-order valence-electron chi connectivity index (χ4n) is 2.16. The Kier molecular flexibility index (Phi) is 8.32. The number of unbranched alkanes of at least 4 members (excludes halogenated alkanes) is 3. The first-order chi connectivity index (χ1) is 6.57. The summed E-state index contributed by atoms with van der Waals surface area (Å²) < 4.78 is 0.